The Kier molecular flexibility index (Phi) is 11.9. The molecule has 0 rings (SSSR count). The van der Waals surface area contributed by atoms with Gasteiger partial charge in [0.05, 0.1) is 0 Å². The van der Waals surface area contributed by atoms with Gasteiger partial charge in [0.2, 0.25) is 0 Å². The van der Waals surface area contributed by atoms with E-state index in [0.717, 1.165) is 32.1 Å². The first kappa shape index (κ1) is 14.9. The van der Waals surface area contributed by atoms with Gasteiger partial charge >= 0.3 is 0 Å². The minimum absolute atomic E-state index is 0.841. The van der Waals surface area contributed by atoms with Crippen molar-refractivity contribution in [1.82, 2.24) is 5.32 Å². The van der Waals surface area contributed by atoms with Crippen molar-refractivity contribution in [3.8, 4) is 0 Å². The van der Waals surface area contributed by atoms with Crippen LogP contribution in [0.2, 0.25) is 0 Å². The van der Waals surface area contributed by atoms with Crippen LogP contribution in [0.15, 0.2) is 0 Å². The third-order valence-electron chi connectivity index (χ3n) is 2.82. The van der Waals surface area contributed by atoms with Crippen LogP contribution in [-0.4, -0.2) is 26.3 Å². The predicted molar refractivity (Wildman–Crippen MR) is 67.3 cm³/mol. The normalized spacial score (nSPS) is 13.0. The van der Waals surface area contributed by atoms with Crippen molar-refractivity contribution in [2.75, 3.05) is 26.3 Å². The van der Waals surface area contributed by atoms with Crippen LogP contribution in [0.3, 0.4) is 0 Å². The molecule has 0 heterocycles. The number of rotatable bonds is 11. The Morgan fingerprint density at radius 3 is 2.53 bits per heavy atom. The van der Waals surface area contributed by atoms with E-state index in [2.05, 4.69) is 19.2 Å². The Balaban J connectivity index is 3.22. The first-order chi connectivity index (χ1) is 7.35. The molecule has 0 saturated heterocycles. The largest absolute Gasteiger partial charge is 0.382 e. The zero-order valence-electron chi connectivity index (χ0n) is 10.8. The molecule has 92 valence electrons. The summed E-state index contributed by atoms with van der Waals surface area (Å²) in [5.41, 5.74) is 0. The smallest absolute Gasteiger partial charge is 0.0477 e. The van der Waals surface area contributed by atoms with E-state index >= 15 is 0 Å². The van der Waals surface area contributed by atoms with Crippen molar-refractivity contribution in [2.24, 2.45) is 5.92 Å². The molecule has 0 aliphatic rings. The lowest BCUT2D eigenvalue weighted by Crippen LogP contribution is -2.24. The predicted octanol–water partition coefficient (Wildman–Crippen LogP) is 3.22. The monoisotopic (exact) mass is 215 g/mol. The van der Waals surface area contributed by atoms with Gasteiger partial charge in [-0.2, -0.15) is 0 Å². The minimum atomic E-state index is 0.841. The highest BCUT2D eigenvalue weighted by Gasteiger charge is 2.04. The lowest BCUT2D eigenvalue weighted by Gasteiger charge is -2.15. The van der Waals surface area contributed by atoms with E-state index in [-0.39, 0.29) is 0 Å². The summed E-state index contributed by atoms with van der Waals surface area (Å²) in [7, 11) is 0. The number of nitrogens with one attached hydrogen (secondary N) is 1. The van der Waals surface area contributed by atoms with E-state index in [4.69, 9.17) is 4.74 Å². The molecule has 1 unspecified atom stereocenters. The van der Waals surface area contributed by atoms with Crippen molar-refractivity contribution < 1.29 is 4.74 Å². The first-order valence-corrected chi connectivity index (χ1v) is 6.63. The molecule has 0 saturated carbocycles. The fourth-order valence-electron chi connectivity index (χ4n) is 1.69. The van der Waals surface area contributed by atoms with Crippen LogP contribution in [0.5, 0.6) is 0 Å². The second-order valence-electron chi connectivity index (χ2n) is 4.17. The number of hydrogen-bond donors (Lipinski definition) is 1. The maximum atomic E-state index is 5.29. The number of unbranched alkanes of at least 4 members (excludes halogenated alkanes) is 1. The summed E-state index contributed by atoms with van der Waals surface area (Å²) < 4.78 is 5.29. The minimum Gasteiger partial charge on any atom is -0.382 e. The van der Waals surface area contributed by atoms with Crippen molar-refractivity contribution in [2.45, 2.75) is 52.9 Å². The number of hydrogen-bond acceptors (Lipinski definition) is 2. The molecule has 0 radical (unpaired) electrons. The van der Waals surface area contributed by atoms with Crippen molar-refractivity contribution in [3.05, 3.63) is 0 Å². The molecule has 0 spiro atoms. The molecule has 0 aliphatic carbocycles. The summed E-state index contributed by atoms with van der Waals surface area (Å²) in [5, 5.41) is 3.52. The molecule has 0 aromatic carbocycles. The second-order valence-corrected chi connectivity index (χ2v) is 4.17. The van der Waals surface area contributed by atoms with E-state index in [9.17, 15) is 0 Å². The first-order valence-electron chi connectivity index (χ1n) is 6.63. The van der Waals surface area contributed by atoms with Crippen LogP contribution in [0.4, 0.5) is 0 Å². The highest BCUT2D eigenvalue weighted by Crippen LogP contribution is 2.10. The Morgan fingerprint density at radius 2 is 1.93 bits per heavy atom. The molecule has 0 aliphatic heterocycles. The molecule has 2 heteroatoms. The molecule has 1 N–H and O–H groups in total. The van der Waals surface area contributed by atoms with Gasteiger partial charge in [0.1, 0.15) is 0 Å². The highest BCUT2D eigenvalue weighted by molar-refractivity contribution is 4.60. The second kappa shape index (κ2) is 12.0. The topological polar surface area (TPSA) is 21.3 Å². The van der Waals surface area contributed by atoms with Gasteiger partial charge in [0.15, 0.2) is 0 Å². The fourth-order valence-corrected chi connectivity index (χ4v) is 1.69. The average Bonchev–Trinajstić information content (AvgIpc) is 2.27. The summed E-state index contributed by atoms with van der Waals surface area (Å²) in [6, 6.07) is 0. The van der Waals surface area contributed by atoms with Gasteiger partial charge in [-0.05, 0) is 38.8 Å². The molecular formula is C13H29NO. The van der Waals surface area contributed by atoms with Gasteiger partial charge in [0, 0.05) is 13.2 Å². The van der Waals surface area contributed by atoms with Gasteiger partial charge < -0.3 is 10.1 Å². The Labute approximate surface area is 95.8 Å². The van der Waals surface area contributed by atoms with Gasteiger partial charge in [-0.3, -0.25) is 0 Å². The van der Waals surface area contributed by atoms with E-state index in [1.54, 1.807) is 0 Å². The lowest BCUT2D eigenvalue weighted by molar-refractivity contribution is 0.144. The van der Waals surface area contributed by atoms with Crippen LogP contribution in [-0.2, 0) is 4.74 Å². The summed E-state index contributed by atoms with van der Waals surface area (Å²) in [6.45, 7) is 10.6. The van der Waals surface area contributed by atoms with Gasteiger partial charge in [-0.25, -0.2) is 0 Å². The highest BCUT2D eigenvalue weighted by atomic mass is 16.5. The maximum Gasteiger partial charge on any atom is 0.0477 e. The lowest BCUT2D eigenvalue weighted by atomic mass is 9.99. The van der Waals surface area contributed by atoms with Crippen LogP contribution < -0.4 is 5.32 Å². The summed E-state index contributed by atoms with van der Waals surface area (Å²) in [6.07, 6.45) is 6.52. The maximum absolute atomic E-state index is 5.29. The Bertz CT molecular complexity index is 117. The van der Waals surface area contributed by atoms with Crippen LogP contribution in [0, 0.1) is 5.92 Å². The van der Waals surface area contributed by atoms with Crippen molar-refractivity contribution >= 4 is 0 Å². The van der Waals surface area contributed by atoms with Crippen LogP contribution in [0.25, 0.3) is 0 Å². The zero-order valence-corrected chi connectivity index (χ0v) is 10.8. The molecule has 0 aromatic rings. The van der Waals surface area contributed by atoms with Crippen LogP contribution >= 0.6 is 0 Å². The zero-order chi connectivity index (χ0) is 11.4. The molecule has 0 bridgehead atoms. The standard InChI is InChI=1S/C13H29NO/c1-4-7-9-13(5-2)12-14-10-8-11-15-6-3/h13-14H,4-12H2,1-3H3. The van der Waals surface area contributed by atoms with Crippen LogP contribution in [0.1, 0.15) is 52.9 Å². The van der Waals surface area contributed by atoms with Crippen molar-refractivity contribution in [3.63, 3.8) is 0 Å². The van der Waals surface area contributed by atoms with Gasteiger partial charge in [0.25, 0.3) is 0 Å². The molecule has 2 nitrogen and oxygen atoms in total. The molecule has 0 amide bonds. The quantitative estimate of drug-likeness (QED) is 0.534. The molecule has 0 fully saturated rings. The van der Waals surface area contributed by atoms with E-state index in [1.807, 2.05) is 6.92 Å². The Hall–Kier alpha value is -0.0800. The summed E-state index contributed by atoms with van der Waals surface area (Å²) in [4.78, 5) is 0. The average molecular weight is 215 g/mol. The summed E-state index contributed by atoms with van der Waals surface area (Å²) >= 11 is 0. The van der Waals surface area contributed by atoms with E-state index in [0.29, 0.717) is 0 Å². The molecule has 15 heavy (non-hydrogen) atoms. The fraction of sp³-hybridized carbons (Fsp3) is 1.00. The molecular weight excluding hydrogens is 186 g/mol. The Morgan fingerprint density at radius 1 is 1.13 bits per heavy atom. The summed E-state index contributed by atoms with van der Waals surface area (Å²) in [5.74, 6) is 0.872. The molecule has 0 aromatic heterocycles. The SMILES string of the molecule is CCCCC(CC)CNCCCOCC. The third-order valence-corrected chi connectivity index (χ3v) is 2.82. The molecule has 1 atom stereocenters. The van der Waals surface area contributed by atoms with Gasteiger partial charge in [-0.1, -0.05) is 33.1 Å². The van der Waals surface area contributed by atoms with Gasteiger partial charge in [-0.15, -0.1) is 0 Å². The number of ether oxygens (including phenoxy) is 1. The van der Waals surface area contributed by atoms with E-state index in [1.165, 1.54) is 32.2 Å². The third kappa shape index (κ3) is 10.2. The van der Waals surface area contributed by atoms with Crippen molar-refractivity contribution in [1.29, 1.82) is 0 Å². The van der Waals surface area contributed by atoms with E-state index < -0.39 is 0 Å².